The van der Waals surface area contributed by atoms with Gasteiger partial charge in [0.15, 0.2) is 11.5 Å². The summed E-state index contributed by atoms with van der Waals surface area (Å²) in [6.07, 6.45) is 0.850. The van der Waals surface area contributed by atoms with Crippen LogP contribution in [0.2, 0.25) is 0 Å². The predicted molar refractivity (Wildman–Crippen MR) is 92.7 cm³/mol. The van der Waals surface area contributed by atoms with E-state index in [0.717, 1.165) is 17.7 Å². The second-order valence-electron chi connectivity index (χ2n) is 5.09. The molecule has 23 heavy (non-hydrogen) atoms. The van der Waals surface area contributed by atoms with Gasteiger partial charge < -0.3 is 24.8 Å². The molecular formula is C18H24N2O3. The van der Waals surface area contributed by atoms with Gasteiger partial charge in [-0.15, -0.1) is 0 Å². The molecule has 0 aliphatic rings. The highest BCUT2D eigenvalue weighted by molar-refractivity contribution is 5.54. The molecule has 0 aromatic heterocycles. The Labute approximate surface area is 137 Å². The zero-order chi connectivity index (χ0) is 16.7. The van der Waals surface area contributed by atoms with Gasteiger partial charge in [-0.05, 0) is 36.9 Å². The van der Waals surface area contributed by atoms with E-state index in [1.807, 2.05) is 49.5 Å². The Morgan fingerprint density at radius 1 is 0.913 bits per heavy atom. The van der Waals surface area contributed by atoms with Crippen LogP contribution in [0, 0.1) is 0 Å². The fraction of sp³-hybridized carbons (Fsp3) is 0.333. The predicted octanol–water partition coefficient (Wildman–Crippen LogP) is 2.91. The molecule has 0 bridgehead atoms. The lowest BCUT2D eigenvalue weighted by atomic mass is 10.1. The van der Waals surface area contributed by atoms with Gasteiger partial charge in [0, 0.05) is 12.1 Å². The Balaban J connectivity index is 2.20. The molecule has 1 unspecified atom stereocenters. The fourth-order valence-electron chi connectivity index (χ4n) is 2.45. The van der Waals surface area contributed by atoms with Crippen molar-refractivity contribution in [2.75, 3.05) is 33.7 Å². The van der Waals surface area contributed by atoms with E-state index in [0.29, 0.717) is 17.2 Å². The summed E-state index contributed by atoms with van der Waals surface area (Å²) in [5, 5.41) is 6.74. The average molecular weight is 316 g/mol. The minimum absolute atomic E-state index is 0.0835. The molecule has 124 valence electrons. The molecule has 0 amide bonds. The highest BCUT2D eigenvalue weighted by atomic mass is 16.5. The van der Waals surface area contributed by atoms with E-state index in [4.69, 9.17) is 14.2 Å². The molecule has 1 atom stereocenters. The van der Waals surface area contributed by atoms with Gasteiger partial charge in [-0.2, -0.15) is 0 Å². The zero-order valence-electron chi connectivity index (χ0n) is 14.1. The lowest BCUT2D eigenvalue weighted by Crippen LogP contribution is -2.35. The molecule has 0 heterocycles. The Bertz CT molecular complexity index is 592. The highest BCUT2D eigenvalue weighted by Gasteiger charge is 2.15. The maximum absolute atomic E-state index is 5.41. The average Bonchev–Trinajstić information content (AvgIpc) is 2.61. The van der Waals surface area contributed by atoms with Crippen LogP contribution in [0.1, 0.15) is 5.56 Å². The minimum atomic E-state index is 0.0835. The number of benzene rings is 2. The number of ether oxygens (including phenoxy) is 3. The van der Waals surface area contributed by atoms with Gasteiger partial charge in [-0.3, -0.25) is 0 Å². The van der Waals surface area contributed by atoms with Crippen molar-refractivity contribution >= 4 is 5.69 Å². The Kier molecular flexibility index (Phi) is 6.11. The van der Waals surface area contributed by atoms with Crippen LogP contribution >= 0.6 is 0 Å². The number of anilines is 1. The van der Waals surface area contributed by atoms with Crippen molar-refractivity contribution in [3.05, 3.63) is 48.0 Å². The number of methoxy groups -OCH3 is 3. The number of hydrogen-bond acceptors (Lipinski definition) is 5. The maximum atomic E-state index is 5.41. The van der Waals surface area contributed by atoms with Crippen molar-refractivity contribution in [2.45, 2.75) is 12.6 Å². The topological polar surface area (TPSA) is 51.8 Å². The number of likely N-dealkylation sites (N-methyl/N-ethyl adjacent to an activating group) is 1. The molecule has 2 rings (SSSR count). The molecule has 2 N–H and O–H groups in total. The molecule has 2 aromatic rings. The third kappa shape index (κ3) is 4.29. The van der Waals surface area contributed by atoms with Gasteiger partial charge in [0.1, 0.15) is 0 Å². The summed E-state index contributed by atoms with van der Waals surface area (Å²) in [7, 11) is 6.78. The number of rotatable bonds is 8. The molecule has 2 aromatic carbocycles. The third-order valence-electron chi connectivity index (χ3n) is 3.63. The van der Waals surface area contributed by atoms with Crippen molar-refractivity contribution in [1.29, 1.82) is 0 Å². The van der Waals surface area contributed by atoms with E-state index in [9.17, 15) is 0 Å². The van der Waals surface area contributed by atoms with E-state index in [1.165, 1.54) is 0 Å². The lowest BCUT2D eigenvalue weighted by molar-refractivity contribution is 0.323. The van der Waals surface area contributed by atoms with Crippen LogP contribution < -0.4 is 24.8 Å². The van der Waals surface area contributed by atoms with Crippen LogP contribution in [0.3, 0.4) is 0 Å². The first kappa shape index (κ1) is 17.0. The van der Waals surface area contributed by atoms with Crippen LogP contribution in [0.25, 0.3) is 0 Å². The SMILES string of the molecule is CNC(Cc1cc(OC)c(OC)c(OC)c1)Nc1ccccc1. The Hall–Kier alpha value is -2.40. The van der Waals surface area contributed by atoms with Crippen molar-refractivity contribution in [3.63, 3.8) is 0 Å². The first-order valence-corrected chi connectivity index (χ1v) is 7.49. The quantitative estimate of drug-likeness (QED) is 0.734. The van der Waals surface area contributed by atoms with Crippen molar-refractivity contribution in [1.82, 2.24) is 5.32 Å². The van der Waals surface area contributed by atoms with Gasteiger partial charge in [0.2, 0.25) is 5.75 Å². The Morgan fingerprint density at radius 3 is 2.00 bits per heavy atom. The molecule has 0 aliphatic carbocycles. The normalized spacial score (nSPS) is 11.7. The number of para-hydroxylation sites is 1. The fourth-order valence-corrected chi connectivity index (χ4v) is 2.45. The molecule has 0 radical (unpaired) electrons. The van der Waals surface area contributed by atoms with E-state index in [1.54, 1.807) is 21.3 Å². The van der Waals surface area contributed by atoms with Crippen LogP contribution in [-0.2, 0) is 6.42 Å². The first-order valence-electron chi connectivity index (χ1n) is 7.49. The second-order valence-corrected chi connectivity index (χ2v) is 5.09. The van der Waals surface area contributed by atoms with Gasteiger partial charge in [-0.1, -0.05) is 18.2 Å². The summed E-state index contributed by atoms with van der Waals surface area (Å²) in [5.41, 5.74) is 2.15. The molecule has 5 nitrogen and oxygen atoms in total. The maximum Gasteiger partial charge on any atom is 0.203 e. The van der Waals surface area contributed by atoms with Crippen LogP contribution in [0.5, 0.6) is 17.2 Å². The summed E-state index contributed by atoms with van der Waals surface area (Å²) < 4.78 is 16.2. The van der Waals surface area contributed by atoms with Crippen molar-refractivity contribution < 1.29 is 14.2 Å². The molecule has 0 fully saturated rings. The number of hydrogen-bond donors (Lipinski definition) is 2. The summed E-state index contributed by atoms with van der Waals surface area (Å²) in [6, 6.07) is 14.0. The second kappa shape index (κ2) is 8.29. The minimum Gasteiger partial charge on any atom is -0.493 e. The number of nitrogens with one attached hydrogen (secondary N) is 2. The molecule has 0 spiro atoms. The summed E-state index contributed by atoms with van der Waals surface area (Å²) >= 11 is 0. The van der Waals surface area contributed by atoms with E-state index < -0.39 is 0 Å². The molecule has 0 aliphatic heterocycles. The molecule has 0 saturated carbocycles. The van der Waals surface area contributed by atoms with Gasteiger partial charge >= 0.3 is 0 Å². The summed E-state index contributed by atoms with van der Waals surface area (Å²) in [6.45, 7) is 0. The first-order chi connectivity index (χ1) is 11.2. The largest absolute Gasteiger partial charge is 0.493 e. The monoisotopic (exact) mass is 316 g/mol. The van der Waals surface area contributed by atoms with Crippen LogP contribution in [0.15, 0.2) is 42.5 Å². The van der Waals surface area contributed by atoms with Crippen molar-refractivity contribution in [3.8, 4) is 17.2 Å². The molecule has 0 saturated heterocycles. The van der Waals surface area contributed by atoms with Gasteiger partial charge in [-0.25, -0.2) is 0 Å². The van der Waals surface area contributed by atoms with E-state index >= 15 is 0 Å². The summed E-state index contributed by atoms with van der Waals surface area (Å²) in [4.78, 5) is 0. The third-order valence-corrected chi connectivity index (χ3v) is 3.63. The Morgan fingerprint density at radius 2 is 1.52 bits per heavy atom. The van der Waals surface area contributed by atoms with Gasteiger partial charge in [0.05, 0.1) is 27.5 Å². The lowest BCUT2D eigenvalue weighted by Gasteiger charge is -2.21. The highest BCUT2D eigenvalue weighted by Crippen LogP contribution is 2.38. The summed E-state index contributed by atoms with van der Waals surface area (Å²) in [5.74, 6) is 1.93. The van der Waals surface area contributed by atoms with E-state index in [2.05, 4.69) is 10.6 Å². The van der Waals surface area contributed by atoms with Crippen LogP contribution in [-0.4, -0.2) is 34.5 Å². The van der Waals surface area contributed by atoms with E-state index in [-0.39, 0.29) is 6.17 Å². The van der Waals surface area contributed by atoms with Crippen LogP contribution in [0.4, 0.5) is 5.69 Å². The zero-order valence-corrected chi connectivity index (χ0v) is 14.1. The smallest absolute Gasteiger partial charge is 0.203 e. The molecular weight excluding hydrogens is 292 g/mol. The van der Waals surface area contributed by atoms with Crippen molar-refractivity contribution in [2.24, 2.45) is 0 Å². The van der Waals surface area contributed by atoms with Gasteiger partial charge in [0.25, 0.3) is 0 Å². The standard InChI is InChI=1S/C18H24N2O3/c1-19-17(20-14-8-6-5-7-9-14)12-13-10-15(21-2)18(23-4)16(11-13)22-3/h5-11,17,19-20H,12H2,1-4H3. The molecule has 5 heteroatoms.